The van der Waals surface area contributed by atoms with E-state index in [1.54, 1.807) is 23.1 Å². The summed E-state index contributed by atoms with van der Waals surface area (Å²) in [4.78, 5) is 25.7. The molecule has 0 N–H and O–H groups in total. The van der Waals surface area contributed by atoms with Crippen molar-refractivity contribution in [1.29, 1.82) is 5.26 Å². The van der Waals surface area contributed by atoms with Crippen LogP contribution in [0.4, 0.5) is 0 Å². The Labute approximate surface area is 164 Å². The SMILES string of the molecule is COC(=O)CCN(Cc1ccccc1)C(=O)COc1ccc(C#N)cc1OC. The molecule has 146 valence electrons. The van der Waals surface area contributed by atoms with Crippen LogP contribution in [0, 0.1) is 11.3 Å². The summed E-state index contributed by atoms with van der Waals surface area (Å²) in [6.07, 6.45) is 0.0925. The lowest BCUT2D eigenvalue weighted by atomic mass is 10.2. The minimum Gasteiger partial charge on any atom is -0.493 e. The van der Waals surface area contributed by atoms with Crippen LogP contribution >= 0.6 is 0 Å². The van der Waals surface area contributed by atoms with Crippen molar-refractivity contribution in [2.24, 2.45) is 0 Å². The van der Waals surface area contributed by atoms with E-state index >= 15 is 0 Å². The van der Waals surface area contributed by atoms with Gasteiger partial charge in [-0.1, -0.05) is 30.3 Å². The van der Waals surface area contributed by atoms with Gasteiger partial charge < -0.3 is 19.1 Å². The highest BCUT2D eigenvalue weighted by molar-refractivity contribution is 5.78. The Bertz CT molecular complexity index is 846. The molecule has 7 heteroatoms. The third kappa shape index (κ3) is 6.02. The van der Waals surface area contributed by atoms with Crippen LogP contribution in [0.25, 0.3) is 0 Å². The minimum absolute atomic E-state index is 0.0925. The van der Waals surface area contributed by atoms with Gasteiger partial charge in [0, 0.05) is 19.2 Å². The molecule has 1 amide bonds. The van der Waals surface area contributed by atoms with Crippen LogP contribution < -0.4 is 9.47 Å². The molecule has 2 aromatic carbocycles. The predicted octanol–water partition coefficient (Wildman–Crippen LogP) is 2.54. The van der Waals surface area contributed by atoms with E-state index in [4.69, 9.17) is 14.7 Å². The lowest BCUT2D eigenvalue weighted by Gasteiger charge is -2.23. The molecule has 7 nitrogen and oxygen atoms in total. The molecule has 0 radical (unpaired) electrons. The lowest BCUT2D eigenvalue weighted by molar-refractivity contribution is -0.142. The maximum atomic E-state index is 12.7. The van der Waals surface area contributed by atoms with Crippen molar-refractivity contribution in [3.8, 4) is 17.6 Å². The summed E-state index contributed by atoms with van der Waals surface area (Å²) in [5.74, 6) is 0.0678. The second-order valence-corrected chi connectivity index (χ2v) is 5.89. The molecule has 0 aromatic heterocycles. The van der Waals surface area contributed by atoms with E-state index in [0.29, 0.717) is 23.6 Å². The average molecular weight is 382 g/mol. The number of hydrogen-bond acceptors (Lipinski definition) is 6. The molecule has 0 spiro atoms. The van der Waals surface area contributed by atoms with Crippen molar-refractivity contribution >= 4 is 11.9 Å². The smallest absolute Gasteiger partial charge is 0.307 e. The van der Waals surface area contributed by atoms with Crippen molar-refractivity contribution < 1.29 is 23.8 Å². The Hall–Kier alpha value is -3.53. The number of esters is 1. The summed E-state index contributed by atoms with van der Waals surface area (Å²) < 4.78 is 15.5. The Kier molecular flexibility index (Phi) is 7.85. The molecule has 0 atom stereocenters. The van der Waals surface area contributed by atoms with Crippen molar-refractivity contribution in [1.82, 2.24) is 4.90 Å². The molecular weight excluding hydrogens is 360 g/mol. The van der Waals surface area contributed by atoms with Crippen LogP contribution in [0.15, 0.2) is 48.5 Å². The third-order valence-corrected chi connectivity index (χ3v) is 4.03. The number of nitriles is 1. The highest BCUT2D eigenvalue weighted by Gasteiger charge is 2.17. The van der Waals surface area contributed by atoms with Crippen LogP contribution in [-0.4, -0.2) is 44.1 Å². The first-order valence-corrected chi connectivity index (χ1v) is 8.66. The predicted molar refractivity (Wildman–Crippen MR) is 102 cm³/mol. The second kappa shape index (κ2) is 10.6. The zero-order valence-corrected chi connectivity index (χ0v) is 15.9. The second-order valence-electron chi connectivity index (χ2n) is 5.89. The maximum absolute atomic E-state index is 12.7. The molecule has 0 saturated carbocycles. The van der Waals surface area contributed by atoms with E-state index in [2.05, 4.69) is 4.74 Å². The number of nitrogens with zero attached hydrogens (tertiary/aromatic N) is 2. The summed E-state index contributed by atoms with van der Waals surface area (Å²) >= 11 is 0. The van der Waals surface area contributed by atoms with Gasteiger partial charge in [0.15, 0.2) is 18.1 Å². The van der Waals surface area contributed by atoms with Crippen molar-refractivity contribution in [2.75, 3.05) is 27.4 Å². The van der Waals surface area contributed by atoms with Gasteiger partial charge in [-0.15, -0.1) is 0 Å². The molecule has 0 aliphatic carbocycles. The standard InChI is InChI=1S/C21H22N2O5/c1-26-19-12-17(13-22)8-9-18(19)28-15-20(24)23(11-10-21(25)27-2)14-16-6-4-3-5-7-16/h3-9,12H,10-11,14-15H2,1-2H3. The molecular formula is C21H22N2O5. The van der Waals surface area contributed by atoms with E-state index in [9.17, 15) is 9.59 Å². The van der Waals surface area contributed by atoms with Crippen LogP contribution in [0.1, 0.15) is 17.5 Å². The fourth-order valence-electron chi connectivity index (χ4n) is 2.51. The first kappa shape index (κ1) is 20.8. The van der Waals surface area contributed by atoms with Gasteiger partial charge in [0.2, 0.25) is 0 Å². The number of rotatable bonds is 9. The molecule has 28 heavy (non-hydrogen) atoms. The van der Waals surface area contributed by atoms with Gasteiger partial charge >= 0.3 is 5.97 Å². The Morgan fingerprint density at radius 1 is 1.07 bits per heavy atom. The summed E-state index contributed by atoms with van der Waals surface area (Å²) in [7, 11) is 2.77. The fraction of sp³-hybridized carbons (Fsp3) is 0.286. The van der Waals surface area contributed by atoms with E-state index in [-0.39, 0.29) is 31.4 Å². The monoisotopic (exact) mass is 382 g/mol. The number of carbonyl (C=O) groups is 2. The van der Waals surface area contributed by atoms with Gasteiger partial charge in [-0.2, -0.15) is 5.26 Å². The number of benzene rings is 2. The first-order valence-electron chi connectivity index (χ1n) is 8.66. The van der Waals surface area contributed by atoms with E-state index in [1.807, 2.05) is 36.4 Å². The Morgan fingerprint density at radius 3 is 2.46 bits per heavy atom. The molecule has 0 aliphatic heterocycles. The molecule has 0 fully saturated rings. The summed E-state index contributed by atoms with van der Waals surface area (Å²) in [6.45, 7) is 0.342. The number of carbonyl (C=O) groups excluding carboxylic acids is 2. The zero-order valence-electron chi connectivity index (χ0n) is 15.9. The highest BCUT2D eigenvalue weighted by Crippen LogP contribution is 2.27. The van der Waals surface area contributed by atoms with Crippen molar-refractivity contribution in [3.63, 3.8) is 0 Å². The third-order valence-electron chi connectivity index (χ3n) is 4.03. The summed E-state index contributed by atoms with van der Waals surface area (Å²) in [5.41, 5.74) is 1.37. The van der Waals surface area contributed by atoms with Gasteiger partial charge in [-0.05, 0) is 17.7 Å². The topological polar surface area (TPSA) is 88.9 Å². The number of ether oxygens (including phenoxy) is 3. The molecule has 0 heterocycles. The first-order chi connectivity index (χ1) is 13.6. The highest BCUT2D eigenvalue weighted by atomic mass is 16.5. The fourth-order valence-corrected chi connectivity index (χ4v) is 2.51. The van der Waals surface area contributed by atoms with Gasteiger partial charge in [0.25, 0.3) is 5.91 Å². The molecule has 2 aromatic rings. The molecule has 0 aliphatic rings. The summed E-state index contributed by atoms with van der Waals surface area (Å²) in [6, 6.07) is 16.2. The molecule has 0 unspecified atom stereocenters. The lowest BCUT2D eigenvalue weighted by Crippen LogP contribution is -2.36. The molecule has 2 rings (SSSR count). The van der Waals surface area contributed by atoms with Crippen LogP contribution in [0.3, 0.4) is 0 Å². The number of amides is 1. The van der Waals surface area contributed by atoms with Gasteiger partial charge in [-0.25, -0.2) is 0 Å². The van der Waals surface area contributed by atoms with E-state index < -0.39 is 0 Å². The van der Waals surface area contributed by atoms with Crippen LogP contribution in [0.2, 0.25) is 0 Å². The number of hydrogen-bond donors (Lipinski definition) is 0. The van der Waals surface area contributed by atoms with E-state index in [1.165, 1.54) is 14.2 Å². The quantitative estimate of drug-likeness (QED) is 0.619. The maximum Gasteiger partial charge on any atom is 0.307 e. The normalized spacial score (nSPS) is 9.89. The van der Waals surface area contributed by atoms with Gasteiger partial charge in [0.05, 0.1) is 32.3 Å². The summed E-state index contributed by atoms with van der Waals surface area (Å²) in [5, 5.41) is 8.96. The number of methoxy groups -OCH3 is 2. The average Bonchev–Trinajstić information content (AvgIpc) is 2.75. The largest absolute Gasteiger partial charge is 0.493 e. The molecule has 0 bridgehead atoms. The van der Waals surface area contributed by atoms with Gasteiger partial charge in [0.1, 0.15) is 0 Å². The Morgan fingerprint density at radius 2 is 1.82 bits per heavy atom. The zero-order chi connectivity index (χ0) is 20.4. The molecule has 0 saturated heterocycles. The van der Waals surface area contributed by atoms with E-state index in [0.717, 1.165) is 5.56 Å². The van der Waals surface area contributed by atoms with Crippen molar-refractivity contribution in [2.45, 2.75) is 13.0 Å². The minimum atomic E-state index is -0.388. The van der Waals surface area contributed by atoms with Crippen molar-refractivity contribution in [3.05, 3.63) is 59.7 Å². The van der Waals surface area contributed by atoms with Crippen LogP contribution in [-0.2, 0) is 20.9 Å². The Balaban J connectivity index is 2.06. The van der Waals surface area contributed by atoms with Crippen LogP contribution in [0.5, 0.6) is 11.5 Å². The van der Waals surface area contributed by atoms with Gasteiger partial charge in [-0.3, -0.25) is 9.59 Å².